The van der Waals surface area contributed by atoms with Crippen molar-refractivity contribution in [3.63, 3.8) is 0 Å². The van der Waals surface area contributed by atoms with Gasteiger partial charge in [0.05, 0.1) is 6.61 Å². The van der Waals surface area contributed by atoms with E-state index in [-0.39, 0.29) is 6.61 Å². The molecule has 0 fully saturated rings. The molecule has 16 heavy (non-hydrogen) atoms. The highest BCUT2D eigenvalue weighted by molar-refractivity contribution is 6.67. The Hall–Kier alpha value is 0.390. The van der Waals surface area contributed by atoms with E-state index < -0.39 is 3.79 Å². The molecule has 94 valence electrons. The van der Waals surface area contributed by atoms with Crippen molar-refractivity contribution in [2.45, 2.75) is 49.2 Å². The molecule has 0 aliphatic heterocycles. The van der Waals surface area contributed by atoms with Gasteiger partial charge in [0.15, 0.2) is 0 Å². The van der Waals surface area contributed by atoms with Crippen LogP contribution in [0.4, 0.5) is 0 Å². The standard InChI is InChI=1S/C12H19Cl3O/c1-2-3-4-5-6-7-8-9-10-16-11-12(13,14)15/h2-7,10-11H2,1H3. The number of hydrogen-bond donors (Lipinski definition) is 0. The molecule has 0 aliphatic carbocycles. The maximum atomic E-state index is 5.50. The summed E-state index contributed by atoms with van der Waals surface area (Å²) in [5, 5.41) is 0. The van der Waals surface area contributed by atoms with Crippen molar-refractivity contribution >= 4 is 34.8 Å². The Labute approximate surface area is 114 Å². The van der Waals surface area contributed by atoms with E-state index in [1.165, 1.54) is 25.7 Å². The zero-order valence-electron chi connectivity index (χ0n) is 9.70. The van der Waals surface area contributed by atoms with Crippen molar-refractivity contribution in [3.8, 4) is 11.8 Å². The highest BCUT2D eigenvalue weighted by Gasteiger charge is 2.18. The topological polar surface area (TPSA) is 9.23 Å². The first-order chi connectivity index (χ1) is 7.56. The molecule has 0 atom stereocenters. The third kappa shape index (κ3) is 14.4. The molecule has 0 radical (unpaired) electrons. The lowest BCUT2D eigenvalue weighted by Gasteiger charge is -2.08. The van der Waals surface area contributed by atoms with E-state index in [0.717, 1.165) is 12.8 Å². The zero-order valence-corrected chi connectivity index (χ0v) is 12.0. The van der Waals surface area contributed by atoms with Crippen LogP contribution in [-0.4, -0.2) is 17.0 Å². The maximum absolute atomic E-state index is 5.50. The number of halogens is 3. The molecule has 0 aliphatic rings. The van der Waals surface area contributed by atoms with Gasteiger partial charge in [0.2, 0.25) is 3.79 Å². The summed E-state index contributed by atoms with van der Waals surface area (Å²) < 4.78 is 3.74. The van der Waals surface area contributed by atoms with E-state index >= 15 is 0 Å². The third-order valence-electron chi connectivity index (χ3n) is 1.97. The normalized spacial score (nSPS) is 11.0. The molecule has 0 saturated heterocycles. The first-order valence-corrected chi connectivity index (χ1v) is 6.80. The maximum Gasteiger partial charge on any atom is 0.213 e. The SMILES string of the molecule is CCCCCCCC#CCOCC(Cl)(Cl)Cl. The van der Waals surface area contributed by atoms with Gasteiger partial charge >= 0.3 is 0 Å². The largest absolute Gasteiger partial charge is 0.364 e. The summed E-state index contributed by atoms with van der Waals surface area (Å²) in [6.07, 6.45) is 7.26. The van der Waals surface area contributed by atoms with Crippen LogP contribution < -0.4 is 0 Å². The Kier molecular flexibility index (Phi) is 10.8. The molecule has 0 aromatic carbocycles. The highest BCUT2D eigenvalue weighted by Crippen LogP contribution is 2.25. The van der Waals surface area contributed by atoms with E-state index in [9.17, 15) is 0 Å². The minimum atomic E-state index is -1.33. The molecule has 0 unspecified atom stereocenters. The van der Waals surface area contributed by atoms with Crippen molar-refractivity contribution in [2.75, 3.05) is 13.2 Å². The van der Waals surface area contributed by atoms with Gasteiger partial charge in [-0.1, -0.05) is 73.3 Å². The summed E-state index contributed by atoms with van der Waals surface area (Å²) in [6, 6.07) is 0. The molecule has 0 N–H and O–H groups in total. The molecule has 0 saturated carbocycles. The van der Waals surface area contributed by atoms with Gasteiger partial charge in [0.25, 0.3) is 0 Å². The highest BCUT2D eigenvalue weighted by atomic mass is 35.6. The summed E-state index contributed by atoms with van der Waals surface area (Å²) in [5.74, 6) is 5.95. The summed E-state index contributed by atoms with van der Waals surface area (Å²) in [4.78, 5) is 0. The van der Waals surface area contributed by atoms with E-state index in [1.807, 2.05) is 0 Å². The van der Waals surface area contributed by atoms with Crippen molar-refractivity contribution < 1.29 is 4.74 Å². The van der Waals surface area contributed by atoms with Crippen LogP contribution in [0.5, 0.6) is 0 Å². The molecule has 0 aromatic rings. The van der Waals surface area contributed by atoms with Gasteiger partial charge in [-0.2, -0.15) is 0 Å². The van der Waals surface area contributed by atoms with Crippen LogP contribution in [0.2, 0.25) is 0 Å². The third-order valence-corrected chi connectivity index (χ3v) is 2.30. The fraction of sp³-hybridized carbons (Fsp3) is 0.833. The molecule has 0 heterocycles. The van der Waals surface area contributed by atoms with Gasteiger partial charge in [-0.05, 0) is 6.42 Å². The summed E-state index contributed by atoms with van der Waals surface area (Å²) >= 11 is 16.5. The van der Waals surface area contributed by atoms with E-state index in [4.69, 9.17) is 39.5 Å². The zero-order chi connectivity index (χ0) is 12.3. The first kappa shape index (κ1) is 16.4. The molecule has 0 spiro atoms. The molecule has 0 amide bonds. The minimum Gasteiger partial charge on any atom is -0.364 e. The smallest absolute Gasteiger partial charge is 0.213 e. The molecule has 1 nitrogen and oxygen atoms in total. The lowest BCUT2D eigenvalue weighted by Crippen LogP contribution is -2.12. The minimum absolute atomic E-state index is 0.0862. The Morgan fingerprint density at radius 3 is 2.31 bits per heavy atom. The average molecular weight is 286 g/mol. The fourth-order valence-corrected chi connectivity index (χ4v) is 1.41. The van der Waals surface area contributed by atoms with Crippen LogP contribution in [0.25, 0.3) is 0 Å². The van der Waals surface area contributed by atoms with Gasteiger partial charge in [0, 0.05) is 6.42 Å². The average Bonchev–Trinajstić information content (AvgIpc) is 2.19. The molecule has 0 rings (SSSR count). The van der Waals surface area contributed by atoms with E-state index in [1.54, 1.807) is 0 Å². The number of ether oxygens (including phenoxy) is 1. The Morgan fingerprint density at radius 2 is 1.69 bits per heavy atom. The van der Waals surface area contributed by atoms with Gasteiger partial charge in [-0.25, -0.2) is 0 Å². The number of alkyl halides is 3. The van der Waals surface area contributed by atoms with E-state index in [2.05, 4.69) is 18.8 Å². The van der Waals surface area contributed by atoms with Gasteiger partial charge < -0.3 is 4.74 Å². The van der Waals surface area contributed by atoms with Gasteiger partial charge in [-0.3, -0.25) is 0 Å². The number of rotatable bonds is 7. The summed E-state index contributed by atoms with van der Waals surface area (Å²) in [6.45, 7) is 2.63. The number of hydrogen-bond acceptors (Lipinski definition) is 1. The van der Waals surface area contributed by atoms with E-state index in [0.29, 0.717) is 6.61 Å². The van der Waals surface area contributed by atoms with Crippen LogP contribution >= 0.6 is 34.8 Å². The van der Waals surface area contributed by atoms with Crippen LogP contribution in [0, 0.1) is 11.8 Å². The molecular weight excluding hydrogens is 266 g/mol. The van der Waals surface area contributed by atoms with Crippen molar-refractivity contribution in [2.24, 2.45) is 0 Å². The fourth-order valence-electron chi connectivity index (χ4n) is 1.17. The summed E-state index contributed by atoms with van der Waals surface area (Å²) in [7, 11) is 0. The summed E-state index contributed by atoms with van der Waals surface area (Å²) in [5.41, 5.74) is 0. The van der Waals surface area contributed by atoms with Gasteiger partial charge in [-0.15, -0.1) is 5.92 Å². The Morgan fingerprint density at radius 1 is 1.00 bits per heavy atom. The molecule has 0 aromatic heterocycles. The van der Waals surface area contributed by atoms with Crippen molar-refractivity contribution in [3.05, 3.63) is 0 Å². The molecule has 0 bridgehead atoms. The number of unbranched alkanes of at least 4 members (excludes halogenated alkanes) is 5. The van der Waals surface area contributed by atoms with Crippen molar-refractivity contribution in [1.29, 1.82) is 0 Å². The predicted octanol–water partition coefficient (Wildman–Crippen LogP) is 4.74. The van der Waals surface area contributed by atoms with Crippen LogP contribution in [-0.2, 0) is 4.74 Å². The lowest BCUT2D eigenvalue weighted by molar-refractivity contribution is 0.173. The second kappa shape index (κ2) is 10.5. The molecule has 4 heteroatoms. The monoisotopic (exact) mass is 284 g/mol. The van der Waals surface area contributed by atoms with Crippen LogP contribution in [0.1, 0.15) is 45.4 Å². The first-order valence-electron chi connectivity index (χ1n) is 5.66. The second-order valence-corrected chi connectivity index (χ2v) is 6.14. The van der Waals surface area contributed by atoms with Crippen LogP contribution in [0.3, 0.4) is 0 Å². The second-order valence-electron chi connectivity index (χ2n) is 3.63. The Bertz CT molecular complexity index is 213. The van der Waals surface area contributed by atoms with Crippen LogP contribution in [0.15, 0.2) is 0 Å². The quantitative estimate of drug-likeness (QED) is 0.373. The predicted molar refractivity (Wildman–Crippen MR) is 72.3 cm³/mol. The lowest BCUT2D eigenvalue weighted by atomic mass is 10.1. The van der Waals surface area contributed by atoms with Crippen molar-refractivity contribution in [1.82, 2.24) is 0 Å². The Balaban J connectivity index is 3.23. The van der Waals surface area contributed by atoms with Gasteiger partial charge in [0.1, 0.15) is 6.61 Å². The molecular formula is C12H19Cl3O.